The molecule has 4 aromatic rings. The van der Waals surface area contributed by atoms with Gasteiger partial charge in [-0.3, -0.25) is 4.79 Å². The summed E-state index contributed by atoms with van der Waals surface area (Å²) in [5.41, 5.74) is 4.42. The molecular weight excluding hydrogens is 378 g/mol. The Morgan fingerprint density at radius 3 is 2.83 bits per heavy atom. The van der Waals surface area contributed by atoms with Gasteiger partial charge in [-0.2, -0.15) is 5.10 Å². The Balaban J connectivity index is 1.59. The molecule has 30 heavy (non-hydrogen) atoms. The van der Waals surface area contributed by atoms with Crippen LogP contribution in [0.5, 0.6) is 0 Å². The van der Waals surface area contributed by atoms with E-state index in [9.17, 15) is 9.90 Å². The molecule has 4 heterocycles. The van der Waals surface area contributed by atoms with Crippen LogP contribution in [0.2, 0.25) is 0 Å². The minimum atomic E-state index is 0.0545. The minimum Gasteiger partial charge on any atom is -0.396 e. The van der Waals surface area contributed by atoms with Crippen LogP contribution in [0.25, 0.3) is 27.7 Å². The molecule has 0 unspecified atom stereocenters. The van der Waals surface area contributed by atoms with Gasteiger partial charge in [0.25, 0.3) is 5.56 Å². The molecule has 0 aliphatic carbocycles. The number of hydrogen-bond donors (Lipinski definition) is 2. The Labute approximate surface area is 174 Å². The van der Waals surface area contributed by atoms with Crippen molar-refractivity contribution >= 4 is 16.4 Å². The fraction of sp³-hybridized carbons (Fsp3) is 0.348. The lowest BCUT2D eigenvalue weighted by Crippen LogP contribution is -2.34. The molecule has 7 nitrogen and oxygen atoms in total. The van der Waals surface area contributed by atoms with Crippen molar-refractivity contribution < 1.29 is 5.11 Å². The first-order valence-corrected chi connectivity index (χ1v) is 10.5. The second kappa shape index (κ2) is 7.66. The van der Waals surface area contributed by atoms with Gasteiger partial charge in [0.2, 0.25) is 0 Å². The Kier molecular flexibility index (Phi) is 4.84. The molecule has 0 atom stereocenters. The van der Waals surface area contributed by atoms with Crippen LogP contribution >= 0.6 is 0 Å². The fourth-order valence-corrected chi connectivity index (χ4v) is 4.39. The highest BCUT2D eigenvalue weighted by Gasteiger charge is 2.17. The molecule has 1 fully saturated rings. The molecule has 0 saturated carbocycles. The number of piperidine rings is 1. The van der Waals surface area contributed by atoms with E-state index in [0.717, 1.165) is 64.9 Å². The largest absolute Gasteiger partial charge is 0.396 e. The van der Waals surface area contributed by atoms with Crippen molar-refractivity contribution in [1.29, 1.82) is 0 Å². The van der Waals surface area contributed by atoms with E-state index in [4.69, 9.17) is 5.10 Å². The van der Waals surface area contributed by atoms with E-state index in [1.807, 2.05) is 54.2 Å². The second-order valence-electron chi connectivity index (χ2n) is 7.99. The summed E-state index contributed by atoms with van der Waals surface area (Å²) >= 11 is 0. The van der Waals surface area contributed by atoms with Crippen molar-refractivity contribution in [1.82, 2.24) is 24.5 Å². The van der Waals surface area contributed by atoms with Crippen LogP contribution in [0, 0.1) is 6.92 Å². The number of aromatic nitrogens is 4. The molecule has 1 aliphatic heterocycles. The maximum absolute atomic E-state index is 13.1. The van der Waals surface area contributed by atoms with Gasteiger partial charge in [0.15, 0.2) is 5.65 Å². The third kappa shape index (κ3) is 3.30. The molecule has 2 N–H and O–H groups in total. The SMILES string of the molecule is Cc1cn2nc(-c3ccc4c(=O)n(C5CCNCC5)ccc4c3)cc(CCO)c2n1. The molecular formula is C23H25N5O2. The van der Waals surface area contributed by atoms with Crippen LogP contribution in [0.15, 0.2) is 47.5 Å². The van der Waals surface area contributed by atoms with Crippen LogP contribution in [-0.2, 0) is 6.42 Å². The average Bonchev–Trinajstić information content (AvgIpc) is 3.15. The lowest BCUT2D eigenvalue weighted by molar-refractivity contribution is 0.300. The number of benzene rings is 1. The summed E-state index contributed by atoms with van der Waals surface area (Å²) in [4.78, 5) is 17.6. The van der Waals surface area contributed by atoms with Crippen molar-refractivity contribution in [2.45, 2.75) is 32.2 Å². The quantitative estimate of drug-likeness (QED) is 0.547. The standard InChI is InChI=1S/C23H25N5O2/c1-15-14-28-22(25-15)18(7-11-29)13-21(26-28)17-2-3-20-16(12-17)6-10-27(23(20)30)19-4-8-24-9-5-19/h2-3,6,10,12-14,19,24,29H,4-5,7-9,11H2,1H3. The number of nitrogens with one attached hydrogen (secondary N) is 1. The number of aliphatic hydroxyl groups is 1. The zero-order chi connectivity index (χ0) is 20.7. The summed E-state index contributed by atoms with van der Waals surface area (Å²) in [5, 5.41) is 19.2. The van der Waals surface area contributed by atoms with E-state index < -0.39 is 0 Å². The van der Waals surface area contributed by atoms with E-state index in [1.165, 1.54) is 0 Å². The third-order valence-electron chi connectivity index (χ3n) is 5.93. The van der Waals surface area contributed by atoms with Gasteiger partial charge in [-0.05, 0) is 68.9 Å². The molecule has 0 amide bonds. The topological polar surface area (TPSA) is 84.5 Å². The summed E-state index contributed by atoms with van der Waals surface area (Å²) in [5.74, 6) is 0. The Hall–Kier alpha value is -3.03. The fourth-order valence-electron chi connectivity index (χ4n) is 4.39. The number of imidazole rings is 1. The van der Waals surface area contributed by atoms with E-state index in [-0.39, 0.29) is 18.2 Å². The van der Waals surface area contributed by atoms with Crippen molar-refractivity contribution in [3.05, 3.63) is 64.3 Å². The van der Waals surface area contributed by atoms with E-state index in [1.54, 1.807) is 4.52 Å². The van der Waals surface area contributed by atoms with Gasteiger partial charge < -0.3 is 15.0 Å². The molecule has 0 spiro atoms. The summed E-state index contributed by atoms with van der Waals surface area (Å²) in [6, 6.07) is 10.1. The van der Waals surface area contributed by atoms with Crippen molar-refractivity contribution in [2.24, 2.45) is 0 Å². The first-order chi connectivity index (χ1) is 14.6. The molecule has 0 radical (unpaired) electrons. The van der Waals surface area contributed by atoms with Crippen LogP contribution in [-0.4, -0.2) is 44.0 Å². The molecule has 3 aromatic heterocycles. The number of pyridine rings is 1. The van der Waals surface area contributed by atoms with Gasteiger partial charge in [0.1, 0.15) is 0 Å². The molecule has 0 bridgehead atoms. The van der Waals surface area contributed by atoms with E-state index in [2.05, 4.69) is 10.3 Å². The summed E-state index contributed by atoms with van der Waals surface area (Å²) < 4.78 is 3.66. The smallest absolute Gasteiger partial charge is 0.258 e. The minimum absolute atomic E-state index is 0.0545. The van der Waals surface area contributed by atoms with Gasteiger partial charge in [-0.25, -0.2) is 9.50 Å². The monoisotopic (exact) mass is 403 g/mol. The highest BCUT2D eigenvalue weighted by atomic mass is 16.3. The lowest BCUT2D eigenvalue weighted by Gasteiger charge is -2.25. The maximum atomic E-state index is 13.1. The lowest BCUT2D eigenvalue weighted by atomic mass is 10.0. The second-order valence-corrected chi connectivity index (χ2v) is 7.99. The number of hydrogen-bond acceptors (Lipinski definition) is 5. The predicted octanol–water partition coefficient (Wildman–Crippen LogP) is 2.48. The van der Waals surface area contributed by atoms with Crippen molar-refractivity contribution in [3.8, 4) is 11.3 Å². The maximum Gasteiger partial charge on any atom is 0.258 e. The first-order valence-electron chi connectivity index (χ1n) is 10.5. The van der Waals surface area contributed by atoms with E-state index in [0.29, 0.717) is 6.42 Å². The molecule has 1 aliphatic rings. The number of aryl methyl sites for hydroxylation is 1. The molecule has 154 valence electrons. The van der Waals surface area contributed by atoms with Crippen LogP contribution in [0.4, 0.5) is 0 Å². The normalized spacial score (nSPS) is 15.3. The summed E-state index contributed by atoms with van der Waals surface area (Å²) in [6.07, 6.45) is 6.29. The summed E-state index contributed by atoms with van der Waals surface area (Å²) in [7, 11) is 0. The number of fused-ring (bicyclic) bond motifs is 2. The number of aliphatic hydroxyl groups excluding tert-OH is 1. The Morgan fingerprint density at radius 1 is 1.20 bits per heavy atom. The van der Waals surface area contributed by atoms with Crippen LogP contribution in [0.1, 0.15) is 30.1 Å². The van der Waals surface area contributed by atoms with Crippen molar-refractivity contribution in [3.63, 3.8) is 0 Å². The van der Waals surface area contributed by atoms with Gasteiger partial charge >= 0.3 is 0 Å². The zero-order valence-corrected chi connectivity index (χ0v) is 17.0. The highest BCUT2D eigenvalue weighted by molar-refractivity contribution is 5.86. The third-order valence-corrected chi connectivity index (χ3v) is 5.93. The van der Waals surface area contributed by atoms with Crippen LogP contribution < -0.4 is 10.9 Å². The molecule has 1 saturated heterocycles. The van der Waals surface area contributed by atoms with E-state index >= 15 is 0 Å². The molecule has 1 aromatic carbocycles. The van der Waals surface area contributed by atoms with Gasteiger partial charge in [-0.1, -0.05) is 6.07 Å². The predicted molar refractivity (Wildman–Crippen MR) is 117 cm³/mol. The van der Waals surface area contributed by atoms with Crippen molar-refractivity contribution in [2.75, 3.05) is 19.7 Å². The Bertz CT molecular complexity index is 1280. The van der Waals surface area contributed by atoms with Crippen LogP contribution in [0.3, 0.4) is 0 Å². The van der Waals surface area contributed by atoms with Gasteiger partial charge in [0, 0.05) is 35.4 Å². The van der Waals surface area contributed by atoms with Gasteiger partial charge in [0.05, 0.1) is 17.6 Å². The first kappa shape index (κ1) is 19.0. The molecule has 7 heteroatoms. The number of rotatable bonds is 4. The van der Waals surface area contributed by atoms with Gasteiger partial charge in [-0.15, -0.1) is 0 Å². The molecule has 5 rings (SSSR count). The zero-order valence-electron chi connectivity index (χ0n) is 17.0. The number of nitrogens with zero attached hydrogens (tertiary/aromatic N) is 4. The average molecular weight is 403 g/mol. The highest BCUT2D eigenvalue weighted by Crippen LogP contribution is 2.25. The summed E-state index contributed by atoms with van der Waals surface area (Å²) in [6.45, 7) is 3.89. The Morgan fingerprint density at radius 2 is 2.03 bits per heavy atom.